The van der Waals surface area contributed by atoms with Gasteiger partial charge in [0.05, 0.1) is 6.61 Å². The number of aliphatic hydroxyl groups excluding tert-OH is 1. The topological polar surface area (TPSA) is 23.5 Å². The number of hydrogen-bond donors (Lipinski definition) is 1. The fourth-order valence-electron chi connectivity index (χ4n) is 0.980. The molecule has 0 bridgehead atoms. The standard InChI is InChI=1S/C5H10INO/c6-7-3-1-2-5(7)4-8/h5,8H,1-4H2. The quantitative estimate of drug-likeness (QED) is 0.528. The lowest BCUT2D eigenvalue weighted by Crippen LogP contribution is -2.22. The Morgan fingerprint density at radius 1 is 1.75 bits per heavy atom. The SMILES string of the molecule is OCC1CCCN1I. The van der Waals surface area contributed by atoms with Crippen LogP contribution in [-0.2, 0) is 0 Å². The minimum Gasteiger partial charge on any atom is -0.395 e. The zero-order valence-electron chi connectivity index (χ0n) is 4.68. The first-order valence-corrected chi connectivity index (χ1v) is 3.84. The second kappa shape index (κ2) is 2.98. The van der Waals surface area contributed by atoms with Crippen molar-refractivity contribution < 1.29 is 5.11 Å². The maximum Gasteiger partial charge on any atom is 0.0594 e. The zero-order chi connectivity index (χ0) is 5.98. The molecule has 1 unspecified atom stereocenters. The molecule has 1 aliphatic rings. The maximum atomic E-state index is 8.69. The smallest absolute Gasteiger partial charge is 0.0594 e. The molecule has 0 radical (unpaired) electrons. The summed E-state index contributed by atoms with van der Waals surface area (Å²) in [6, 6.07) is 0.440. The number of hydrogen-bond acceptors (Lipinski definition) is 2. The van der Waals surface area contributed by atoms with Crippen LogP contribution in [0.1, 0.15) is 12.8 Å². The van der Waals surface area contributed by atoms with Crippen molar-refractivity contribution in [3.8, 4) is 0 Å². The number of aliphatic hydroxyl groups is 1. The molecular formula is C5H10INO. The highest BCUT2D eigenvalue weighted by Gasteiger charge is 2.20. The molecule has 0 aliphatic carbocycles. The molecule has 48 valence electrons. The summed E-state index contributed by atoms with van der Waals surface area (Å²) >= 11 is 2.27. The van der Waals surface area contributed by atoms with Crippen LogP contribution in [0.4, 0.5) is 0 Å². The van der Waals surface area contributed by atoms with Gasteiger partial charge in [-0.15, -0.1) is 0 Å². The summed E-state index contributed by atoms with van der Waals surface area (Å²) in [6.45, 7) is 1.47. The maximum absolute atomic E-state index is 8.69. The molecule has 0 aromatic rings. The molecule has 1 heterocycles. The molecule has 1 aliphatic heterocycles. The fraction of sp³-hybridized carbons (Fsp3) is 1.00. The van der Waals surface area contributed by atoms with E-state index in [0.29, 0.717) is 12.6 Å². The predicted molar refractivity (Wildman–Crippen MR) is 40.8 cm³/mol. The third-order valence-electron chi connectivity index (χ3n) is 1.52. The first-order chi connectivity index (χ1) is 3.84. The minimum absolute atomic E-state index is 0.322. The van der Waals surface area contributed by atoms with Crippen molar-refractivity contribution in [2.24, 2.45) is 0 Å². The summed E-state index contributed by atoms with van der Waals surface area (Å²) in [4.78, 5) is 0. The molecular weight excluding hydrogens is 217 g/mol. The molecule has 1 saturated heterocycles. The van der Waals surface area contributed by atoms with Crippen LogP contribution in [0.2, 0.25) is 0 Å². The van der Waals surface area contributed by atoms with Crippen LogP contribution < -0.4 is 0 Å². The van der Waals surface area contributed by atoms with E-state index in [0.717, 1.165) is 6.54 Å². The molecule has 0 aromatic heterocycles. The summed E-state index contributed by atoms with van der Waals surface area (Å²) in [5.41, 5.74) is 0. The monoisotopic (exact) mass is 227 g/mol. The normalized spacial score (nSPS) is 31.5. The van der Waals surface area contributed by atoms with Crippen LogP contribution in [0, 0.1) is 0 Å². The Kier molecular flexibility index (Phi) is 2.52. The van der Waals surface area contributed by atoms with Gasteiger partial charge in [-0.25, -0.2) is 3.11 Å². The van der Waals surface area contributed by atoms with Crippen molar-refractivity contribution >= 4 is 22.9 Å². The Bertz CT molecular complexity index is 78.8. The minimum atomic E-state index is 0.322. The summed E-state index contributed by atoms with van der Waals surface area (Å²) in [7, 11) is 0. The number of rotatable bonds is 1. The Labute approximate surface area is 63.4 Å². The molecule has 1 N–H and O–H groups in total. The van der Waals surface area contributed by atoms with Gasteiger partial charge in [0, 0.05) is 35.5 Å². The Balaban J connectivity index is 2.30. The van der Waals surface area contributed by atoms with E-state index in [1.54, 1.807) is 0 Å². The Morgan fingerprint density at radius 2 is 2.50 bits per heavy atom. The first kappa shape index (κ1) is 6.77. The van der Waals surface area contributed by atoms with Crippen molar-refractivity contribution in [3.63, 3.8) is 0 Å². The van der Waals surface area contributed by atoms with Gasteiger partial charge in [-0.1, -0.05) is 0 Å². The fourth-order valence-corrected chi connectivity index (χ4v) is 1.78. The van der Waals surface area contributed by atoms with Gasteiger partial charge in [-0.3, -0.25) is 0 Å². The van der Waals surface area contributed by atoms with Crippen molar-refractivity contribution in [3.05, 3.63) is 0 Å². The van der Waals surface area contributed by atoms with E-state index in [1.807, 2.05) is 0 Å². The lowest BCUT2D eigenvalue weighted by Gasteiger charge is -2.12. The molecule has 0 aromatic carbocycles. The number of halogens is 1. The van der Waals surface area contributed by atoms with Crippen molar-refractivity contribution in [2.75, 3.05) is 13.2 Å². The van der Waals surface area contributed by atoms with Crippen LogP contribution >= 0.6 is 22.9 Å². The molecule has 2 nitrogen and oxygen atoms in total. The van der Waals surface area contributed by atoms with Crippen LogP contribution in [0.5, 0.6) is 0 Å². The average Bonchev–Trinajstić information content (AvgIpc) is 2.14. The predicted octanol–water partition coefficient (Wildman–Crippen LogP) is 0.793. The Morgan fingerprint density at radius 3 is 2.75 bits per heavy atom. The van der Waals surface area contributed by atoms with Gasteiger partial charge in [-0.2, -0.15) is 0 Å². The van der Waals surface area contributed by atoms with E-state index < -0.39 is 0 Å². The molecule has 1 rings (SSSR count). The van der Waals surface area contributed by atoms with E-state index in [1.165, 1.54) is 12.8 Å². The van der Waals surface area contributed by atoms with Gasteiger partial charge in [0.25, 0.3) is 0 Å². The third kappa shape index (κ3) is 1.33. The van der Waals surface area contributed by atoms with Crippen molar-refractivity contribution in [2.45, 2.75) is 18.9 Å². The molecule has 0 saturated carbocycles. The van der Waals surface area contributed by atoms with Gasteiger partial charge in [0.1, 0.15) is 0 Å². The summed E-state index contributed by atoms with van der Waals surface area (Å²) in [5.74, 6) is 0. The molecule has 0 amide bonds. The van der Waals surface area contributed by atoms with E-state index in [9.17, 15) is 0 Å². The van der Waals surface area contributed by atoms with Crippen LogP contribution in [0.3, 0.4) is 0 Å². The second-order valence-corrected chi connectivity index (χ2v) is 3.34. The third-order valence-corrected chi connectivity index (χ3v) is 2.79. The van der Waals surface area contributed by atoms with E-state index >= 15 is 0 Å². The Hall–Kier alpha value is 0.650. The van der Waals surface area contributed by atoms with Crippen LogP contribution in [-0.4, -0.2) is 27.4 Å². The lowest BCUT2D eigenvalue weighted by molar-refractivity contribution is 0.229. The average molecular weight is 227 g/mol. The van der Waals surface area contributed by atoms with E-state index in [2.05, 4.69) is 26.0 Å². The van der Waals surface area contributed by atoms with Gasteiger partial charge in [0.15, 0.2) is 0 Å². The molecule has 1 atom stereocenters. The van der Waals surface area contributed by atoms with E-state index in [-0.39, 0.29) is 0 Å². The van der Waals surface area contributed by atoms with E-state index in [4.69, 9.17) is 5.11 Å². The summed E-state index contributed by atoms with van der Waals surface area (Å²) < 4.78 is 2.18. The second-order valence-electron chi connectivity index (χ2n) is 2.10. The molecule has 0 spiro atoms. The molecule has 1 fully saturated rings. The first-order valence-electron chi connectivity index (χ1n) is 2.88. The summed E-state index contributed by atoms with van der Waals surface area (Å²) in [6.07, 6.45) is 2.41. The van der Waals surface area contributed by atoms with Gasteiger partial charge in [0.2, 0.25) is 0 Å². The van der Waals surface area contributed by atoms with Gasteiger partial charge in [-0.05, 0) is 12.8 Å². The molecule has 8 heavy (non-hydrogen) atoms. The van der Waals surface area contributed by atoms with Gasteiger partial charge >= 0.3 is 0 Å². The largest absolute Gasteiger partial charge is 0.395 e. The number of nitrogens with zero attached hydrogens (tertiary/aromatic N) is 1. The van der Waals surface area contributed by atoms with Gasteiger partial charge < -0.3 is 5.11 Å². The van der Waals surface area contributed by atoms with Crippen LogP contribution in [0.15, 0.2) is 0 Å². The molecule has 3 heteroatoms. The van der Waals surface area contributed by atoms with Crippen molar-refractivity contribution in [1.82, 2.24) is 3.11 Å². The lowest BCUT2D eigenvalue weighted by atomic mass is 10.2. The van der Waals surface area contributed by atoms with Crippen molar-refractivity contribution in [1.29, 1.82) is 0 Å². The highest BCUT2D eigenvalue weighted by molar-refractivity contribution is 14.1. The highest BCUT2D eigenvalue weighted by atomic mass is 127. The highest BCUT2D eigenvalue weighted by Crippen LogP contribution is 2.19. The zero-order valence-corrected chi connectivity index (χ0v) is 6.84. The van der Waals surface area contributed by atoms with Crippen LogP contribution in [0.25, 0.3) is 0 Å². The summed E-state index contributed by atoms with van der Waals surface area (Å²) in [5, 5.41) is 8.69.